The number of primary amides is 1. The quantitative estimate of drug-likeness (QED) is 0.860. The zero-order valence-electron chi connectivity index (χ0n) is 13.0. The summed E-state index contributed by atoms with van der Waals surface area (Å²) in [6.07, 6.45) is 5.60. The minimum atomic E-state index is -0.730. The predicted molar refractivity (Wildman–Crippen MR) is 90.0 cm³/mol. The second-order valence-corrected chi connectivity index (χ2v) is 6.40. The van der Waals surface area contributed by atoms with Crippen LogP contribution >= 0.6 is 11.5 Å². The van der Waals surface area contributed by atoms with Gasteiger partial charge >= 0.3 is 6.03 Å². The van der Waals surface area contributed by atoms with Crippen LogP contribution < -0.4 is 11.3 Å². The van der Waals surface area contributed by atoms with Crippen molar-refractivity contribution in [3.8, 4) is 0 Å². The molecule has 0 atom stereocenters. The summed E-state index contributed by atoms with van der Waals surface area (Å²) >= 11 is 1.06. The summed E-state index contributed by atoms with van der Waals surface area (Å²) in [6.45, 7) is 6.83. The molecule has 2 rings (SSSR count). The zero-order valence-corrected chi connectivity index (χ0v) is 13.8. The fourth-order valence-electron chi connectivity index (χ4n) is 1.92. The number of aromatic nitrogens is 1. The van der Waals surface area contributed by atoms with Gasteiger partial charge in [0.1, 0.15) is 0 Å². The van der Waals surface area contributed by atoms with Crippen molar-refractivity contribution in [1.29, 1.82) is 0 Å². The highest BCUT2D eigenvalue weighted by atomic mass is 32.1. The number of hydrogen-bond acceptors (Lipinski definition) is 3. The van der Waals surface area contributed by atoms with Crippen LogP contribution in [0.25, 0.3) is 10.1 Å². The summed E-state index contributed by atoms with van der Waals surface area (Å²) in [6, 6.07) is 6.28. The van der Waals surface area contributed by atoms with Crippen LogP contribution in [0, 0.1) is 5.92 Å². The third kappa shape index (κ3) is 5.34. The molecule has 1 amide bonds. The first-order valence-electron chi connectivity index (χ1n) is 7.38. The molecule has 21 heavy (non-hydrogen) atoms. The van der Waals surface area contributed by atoms with Gasteiger partial charge in [-0.15, -0.1) is 0 Å². The molecule has 1 aromatic carbocycles. The van der Waals surface area contributed by atoms with Gasteiger partial charge in [-0.2, -0.15) is 3.96 Å². The Hall–Kier alpha value is -1.62. The molecular weight excluding hydrogens is 284 g/mol. The Morgan fingerprint density at radius 2 is 1.95 bits per heavy atom. The summed E-state index contributed by atoms with van der Waals surface area (Å²) in [4.78, 5) is 22.2. The van der Waals surface area contributed by atoms with E-state index in [9.17, 15) is 9.59 Å². The van der Waals surface area contributed by atoms with Crippen LogP contribution in [0.3, 0.4) is 0 Å². The Morgan fingerprint density at radius 3 is 2.48 bits per heavy atom. The first kappa shape index (κ1) is 17.4. The van der Waals surface area contributed by atoms with Gasteiger partial charge in [-0.05, 0) is 29.6 Å². The number of hydrogen-bond donors (Lipinski definition) is 1. The molecule has 0 fully saturated rings. The number of nitrogens with two attached hydrogens (primary N) is 1. The largest absolute Gasteiger partial charge is 0.350 e. The van der Waals surface area contributed by atoms with Crippen molar-refractivity contribution < 1.29 is 4.79 Å². The summed E-state index contributed by atoms with van der Waals surface area (Å²) in [5.74, 6) is 0.904. The van der Waals surface area contributed by atoms with Crippen molar-refractivity contribution >= 4 is 27.6 Å². The van der Waals surface area contributed by atoms with Gasteiger partial charge < -0.3 is 5.73 Å². The molecule has 1 aromatic heterocycles. The Morgan fingerprint density at radius 1 is 1.29 bits per heavy atom. The summed E-state index contributed by atoms with van der Waals surface area (Å²) < 4.78 is 1.72. The average molecular weight is 308 g/mol. The van der Waals surface area contributed by atoms with E-state index < -0.39 is 6.03 Å². The van der Waals surface area contributed by atoms with Gasteiger partial charge in [-0.1, -0.05) is 58.6 Å². The van der Waals surface area contributed by atoms with Crippen molar-refractivity contribution in [3.63, 3.8) is 0 Å². The SMILES string of the molecule is CCCCCC(C)C.NC(=O)n1sc2ccccc2c1=O. The lowest BCUT2D eigenvalue weighted by Crippen LogP contribution is -2.26. The topological polar surface area (TPSA) is 65.1 Å². The van der Waals surface area contributed by atoms with Gasteiger partial charge in [0.05, 0.1) is 10.1 Å². The summed E-state index contributed by atoms with van der Waals surface area (Å²) in [5, 5.41) is 0.534. The Labute approximate surface area is 129 Å². The van der Waals surface area contributed by atoms with Crippen molar-refractivity contribution in [2.45, 2.75) is 46.5 Å². The second kappa shape index (κ2) is 8.62. The van der Waals surface area contributed by atoms with Gasteiger partial charge in [0.15, 0.2) is 0 Å². The molecule has 0 aliphatic heterocycles. The molecule has 116 valence electrons. The number of benzene rings is 1. The van der Waals surface area contributed by atoms with Crippen molar-refractivity contribution in [2.75, 3.05) is 0 Å². The lowest BCUT2D eigenvalue weighted by molar-refractivity contribution is 0.252. The van der Waals surface area contributed by atoms with Gasteiger partial charge in [0, 0.05) is 0 Å². The predicted octanol–water partition coefficient (Wildman–Crippen LogP) is 4.21. The van der Waals surface area contributed by atoms with E-state index in [0.29, 0.717) is 5.39 Å². The number of amides is 1. The van der Waals surface area contributed by atoms with E-state index in [-0.39, 0.29) is 5.56 Å². The van der Waals surface area contributed by atoms with E-state index >= 15 is 0 Å². The summed E-state index contributed by atoms with van der Waals surface area (Å²) in [5.41, 5.74) is 4.67. The minimum absolute atomic E-state index is 0.340. The maximum atomic E-state index is 11.4. The molecule has 0 unspecified atom stereocenters. The maximum absolute atomic E-state index is 11.4. The van der Waals surface area contributed by atoms with E-state index in [1.807, 2.05) is 6.07 Å². The molecule has 0 saturated heterocycles. The number of unbranched alkanes of at least 4 members (excludes halogenated alkanes) is 2. The van der Waals surface area contributed by atoms with E-state index in [0.717, 1.165) is 26.1 Å². The first-order chi connectivity index (χ1) is 9.97. The van der Waals surface area contributed by atoms with Crippen LogP contribution in [-0.4, -0.2) is 9.99 Å². The third-order valence-corrected chi connectivity index (χ3v) is 4.16. The molecule has 0 radical (unpaired) electrons. The second-order valence-electron chi connectivity index (χ2n) is 5.41. The van der Waals surface area contributed by atoms with Crippen molar-refractivity contribution in [3.05, 3.63) is 34.6 Å². The van der Waals surface area contributed by atoms with E-state index in [2.05, 4.69) is 20.8 Å². The maximum Gasteiger partial charge on any atom is 0.335 e. The molecule has 2 N–H and O–H groups in total. The van der Waals surface area contributed by atoms with Crippen LogP contribution in [0.2, 0.25) is 0 Å². The third-order valence-electron chi connectivity index (χ3n) is 3.08. The molecule has 4 nitrogen and oxygen atoms in total. The van der Waals surface area contributed by atoms with E-state index in [4.69, 9.17) is 5.73 Å². The normalized spacial score (nSPS) is 10.5. The first-order valence-corrected chi connectivity index (χ1v) is 8.15. The van der Waals surface area contributed by atoms with E-state index in [1.54, 1.807) is 18.2 Å². The minimum Gasteiger partial charge on any atom is -0.350 e. The van der Waals surface area contributed by atoms with Crippen molar-refractivity contribution in [1.82, 2.24) is 3.96 Å². The zero-order chi connectivity index (χ0) is 15.8. The Balaban J connectivity index is 0.000000240. The highest BCUT2D eigenvalue weighted by Crippen LogP contribution is 2.14. The molecule has 0 aliphatic rings. The highest BCUT2D eigenvalue weighted by molar-refractivity contribution is 7.14. The van der Waals surface area contributed by atoms with Gasteiger partial charge in [0.25, 0.3) is 5.56 Å². The van der Waals surface area contributed by atoms with Crippen LogP contribution in [-0.2, 0) is 0 Å². The molecular formula is C16H24N2O2S. The van der Waals surface area contributed by atoms with Crippen LogP contribution in [0.5, 0.6) is 0 Å². The number of carbonyl (C=O) groups is 1. The number of carbonyl (C=O) groups excluding carboxylic acids is 1. The van der Waals surface area contributed by atoms with Crippen molar-refractivity contribution in [2.24, 2.45) is 11.7 Å². The van der Waals surface area contributed by atoms with Crippen LogP contribution in [0.1, 0.15) is 46.5 Å². The molecule has 0 saturated carbocycles. The number of fused-ring (bicyclic) bond motifs is 1. The average Bonchev–Trinajstić information content (AvgIpc) is 2.78. The van der Waals surface area contributed by atoms with E-state index in [1.165, 1.54) is 25.7 Å². The number of nitrogens with zero attached hydrogens (tertiary/aromatic N) is 1. The smallest absolute Gasteiger partial charge is 0.335 e. The lowest BCUT2D eigenvalue weighted by Gasteiger charge is -2.00. The Kier molecular flexibility index (Phi) is 7.15. The summed E-state index contributed by atoms with van der Waals surface area (Å²) in [7, 11) is 0. The lowest BCUT2D eigenvalue weighted by atomic mass is 10.1. The highest BCUT2D eigenvalue weighted by Gasteiger charge is 2.09. The molecule has 0 bridgehead atoms. The van der Waals surface area contributed by atoms with Gasteiger partial charge in [-0.3, -0.25) is 4.79 Å². The van der Waals surface area contributed by atoms with Crippen LogP contribution in [0.15, 0.2) is 29.1 Å². The number of rotatable bonds is 4. The monoisotopic (exact) mass is 308 g/mol. The molecule has 0 spiro atoms. The molecule has 5 heteroatoms. The fraction of sp³-hybridized carbons (Fsp3) is 0.500. The molecule has 0 aliphatic carbocycles. The van der Waals surface area contributed by atoms with Gasteiger partial charge in [0.2, 0.25) is 0 Å². The fourth-order valence-corrected chi connectivity index (χ4v) is 2.78. The van der Waals surface area contributed by atoms with Gasteiger partial charge in [-0.25, -0.2) is 4.79 Å². The van der Waals surface area contributed by atoms with Crippen LogP contribution in [0.4, 0.5) is 4.79 Å². The standard InChI is InChI=1S/C8H6N2O2S.C8H18/c9-8(12)10-7(11)5-3-1-2-4-6(5)13-10;1-4-5-6-7-8(2)3/h1-4H,(H2,9,12);8H,4-7H2,1-3H3. The molecule has 2 aromatic rings. The Bertz CT molecular complexity index is 628. The molecule has 1 heterocycles.